The molecule has 2 spiro atoms. The molecule has 10 nitrogen and oxygen atoms in total. The van der Waals surface area contributed by atoms with Gasteiger partial charge in [0, 0.05) is 24.2 Å². The van der Waals surface area contributed by atoms with Gasteiger partial charge in [-0.05, 0) is 158 Å². The van der Waals surface area contributed by atoms with E-state index in [0.717, 1.165) is 62.5 Å². The first-order valence-electron chi connectivity index (χ1n) is 22.6. The topological polar surface area (TPSA) is 129 Å². The third kappa shape index (κ3) is 10.1. The van der Waals surface area contributed by atoms with E-state index in [2.05, 4.69) is 41.5 Å². The van der Waals surface area contributed by atoms with E-state index >= 15 is 0 Å². The molecule has 1 N–H and O–H groups in total. The van der Waals surface area contributed by atoms with Crippen molar-refractivity contribution in [3.63, 3.8) is 0 Å². The summed E-state index contributed by atoms with van der Waals surface area (Å²) in [6.45, 7) is 14.3. The van der Waals surface area contributed by atoms with E-state index in [0.29, 0.717) is 53.0 Å². The monoisotopic (exact) mass is 886 g/mol. The smallest absolute Gasteiger partial charge is 0.337 e. The number of esters is 1. The van der Waals surface area contributed by atoms with Crippen LogP contribution < -0.4 is 0 Å². The zero-order valence-electron chi connectivity index (χ0n) is 38.5. The average Bonchev–Trinajstić information content (AvgIpc) is 3.68. The Morgan fingerprint density at radius 1 is 0.600 bits per heavy atom. The first kappa shape index (κ1) is 46.9. The summed E-state index contributed by atoms with van der Waals surface area (Å²) < 4.78 is 31.7. The third-order valence-corrected chi connectivity index (χ3v) is 14.1. The summed E-state index contributed by atoms with van der Waals surface area (Å²) in [5.74, 6) is -1.22. The highest BCUT2D eigenvalue weighted by molar-refractivity contribution is 6.47. The van der Waals surface area contributed by atoms with E-state index < -0.39 is 23.3 Å². The number of halogens is 2. The number of methoxy groups -OCH3 is 1. The second-order valence-electron chi connectivity index (χ2n) is 20.2. The van der Waals surface area contributed by atoms with Crippen LogP contribution in [0.5, 0.6) is 0 Å². The number of carbonyl (C=O) groups is 4. The quantitative estimate of drug-likeness (QED) is 0.175. The van der Waals surface area contributed by atoms with Crippen molar-refractivity contribution in [1.82, 2.24) is 9.80 Å². The zero-order chi connectivity index (χ0) is 46.9. The Hall–Kier alpha value is -6.04. The molecule has 2 saturated carbocycles. The van der Waals surface area contributed by atoms with E-state index in [4.69, 9.17) is 19.8 Å². The number of hydrogen-bond donors (Lipinski definition) is 1. The molecule has 4 aliphatic rings. The molecule has 12 heteroatoms. The molecule has 4 aromatic carbocycles. The molecule has 0 saturated heterocycles. The molecule has 0 radical (unpaired) electrons. The lowest BCUT2D eigenvalue weighted by molar-refractivity contribution is -0.131. The normalized spacial score (nSPS) is 23.3. The van der Waals surface area contributed by atoms with Gasteiger partial charge in [0.15, 0.2) is 0 Å². The molecule has 2 aliphatic heterocycles. The van der Waals surface area contributed by atoms with E-state index in [1.807, 2.05) is 21.9 Å². The summed E-state index contributed by atoms with van der Waals surface area (Å²) in [6, 6.07) is 25.6. The molecular weight excluding hydrogens is 827 g/mol. The minimum Gasteiger partial charge on any atom is -0.478 e. The lowest BCUT2D eigenvalue weighted by atomic mass is 9.69. The van der Waals surface area contributed by atoms with Crippen molar-refractivity contribution >= 4 is 35.2 Å². The minimum absolute atomic E-state index is 0.132. The highest BCUT2D eigenvalue weighted by Crippen LogP contribution is 2.48. The van der Waals surface area contributed by atoms with Crippen molar-refractivity contribution < 1.29 is 37.8 Å². The molecule has 0 bridgehead atoms. The summed E-state index contributed by atoms with van der Waals surface area (Å²) in [5.41, 5.74) is 3.70. The molecule has 2 heterocycles. The summed E-state index contributed by atoms with van der Waals surface area (Å²) in [7, 11) is 1.35. The van der Waals surface area contributed by atoms with E-state index in [1.54, 1.807) is 60.7 Å². The van der Waals surface area contributed by atoms with Gasteiger partial charge in [0.05, 0.1) is 18.2 Å². The van der Waals surface area contributed by atoms with Crippen LogP contribution in [0.1, 0.15) is 136 Å². The van der Waals surface area contributed by atoms with Crippen LogP contribution in [-0.2, 0) is 27.4 Å². The van der Waals surface area contributed by atoms with Crippen LogP contribution in [0.2, 0.25) is 0 Å². The van der Waals surface area contributed by atoms with Crippen LogP contribution in [0, 0.1) is 34.3 Å². The zero-order valence-corrected chi connectivity index (χ0v) is 38.5. The van der Waals surface area contributed by atoms with Crippen LogP contribution in [0.25, 0.3) is 0 Å². The van der Waals surface area contributed by atoms with Crippen molar-refractivity contribution in [2.24, 2.45) is 32.7 Å². The van der Waals surface area contributed by atoms with Gasteiger partial charge >= 0.3 is 11.9 Å². The number of aliphatic imine (C=N–C) groups is 2. The molecule has 2 aliphatic carbocycles. The van der Waals surface area contributed by atoms with Gasteiger partial charge in [0.2, 0.25) is 0 Å². The van der Waals surface area contributed by atoms with Crippen LogP contribution in [0.4, 0.5) is 8.78 Å². The molecule has 65 heavy (non-hydrogen) atoms. The first-order valence-corrected chi connectivity index (χ1v) is 22.6. The predicted molar refractivity (Wildman–Crippen MR) is 246 cm³/mol. The number of ether oxygens (including phenoxy) is 1. The average molecular weight is 887 g/mol. The van der Waals surface area contributed by atoms with Gasteiger partial charge < -0.3 is 19.6 Å². The third-order valence-electron chi connectivity index (χ3n) is 14.1. The number of hydrogen-bond acceptors (Lipinski definition) is 7. The van der Waals surface area contributed by atoms with Crippen LogP contribution in [0.3, 0.4) is 0 Å². The Morgan fingerprint density at radius 2 is 0.938 bits per heavy atom. The number of carboxylic acids is 1. The Labute approximate surface area is 380 Å². The predicted octanol–water partition coefficient (Wildman–Crippen LogP) is 10.7. The van der Waals surface area contributed by atoms with Gasteiger partial charge in [-0.3, -0.25) is 19.6 Å². The minimum atomic E-state index is -0.979. The molecule has 4 aromatic rings. The first-order chi connectivity index (χ1) is 30.7. The van der Waals surface area contributed by atoms with Gasteiger partial charge in [-0.1, -0.05) is 65.8 Å². The maximum atomic E-state index is 13.6. The highest BCUT2D eigenvalue weighted by atomic mass is 19.1. The second kappa shape index (κ2) is 18.4. The maximum Gasteiger partial charge on any atom is 0.337 e. The van der Waals surface area contributed by atoms with Gasteiger partial charge in [-0.2, -0.15) is 0 Å². The lowest BCUT2D eigenvalue weighted by Crippen LogP contribution is -2.49. The van der Waals surface area contributed by atoms with Crippen LogP contribution in [-0.4, -0.2) is 68.5 Å². The van der Waals surface area contributed by atoms with E-state index in [-0.39, 0.29) is 39.8 Å². The molecule has 2 amide bonds. The van der Waals surface area contributed by atoms with Crippen molar-refractivity contribution in [3.05, 3.63) is 142 Å². The van der Waals surface area contributed by atoms with Crippen molar-refractivity contribution in [2.75, 3.05) is 7.11 Å². The standard InChI is InChI=1S/C27H31FN2O3.C26H29FN2O3/c1-26(2,3)21-13-15-27(16-14-21)29-23(19-9-11-22(28)12-10-19)24(31)30(27)17-18-5-7-20(8-6-18)25(32)33-4;1-25(2,3)20-12-14-26(15-13-20)28-22(18-8-10-21(27)11-9-18)23(30)29(26)16-17-4-6-19(7-5-17)24(31)32/h5-12,21H,13-17H2,1-4H3;4-11,20H,12-16H2,1-3H3,(H,31,32). The molecular formula is C53H60F2N4O6. The molecule has 342 valence electrons. The van der Waals surface area contributed by atoms with E-state index in [9.17, 15) is 28.0 Å². The fourth-order valence-electron chi connectivity index (χ4n) is 9.93. The number of carbonyl (C=O) groups excluding carboxylic acids is 3. The summed E-state index contributed by atoms with van der Waals surface area (Å²) in [4.78, 5) is 63.8. The number of rotatable bonds is 8. The summed E-state index contributed by atoms with van der Waals surface area (Å²) in [6.07, 6.45) is 7.09. The van der Waals surface area contributed by atoms with Crippen molar-refractivity contribution in [2.45, 2.75) is 117 Å². The summed E-state index contributed by atoms with van der Waals surface area (Å²) >= 11 is 0. The SMILES string of the molecule is CC(C)(C)C1CCC2(CC1)N=C(c1ccc(F)cc1)C(=O)N2Cc1ccc(C(=O)O)cc1.COC(=O)c1ccc(CN2C(=O)C(c3ccc(F)cc3)=NC23CCC(C(C)(C)C)CC3)cc1. The fraction of sp³-hybridized carbons (Fsp3) is 0.434. The molecule has 0 aromatic heterocycles. The van der Waals surface area contributed by atoms with Crippen LogP contribution >= 0.6 is 0 Å². The molecule has 2 fully saturated rings. The number of amides is 2. The van der Waals surface area contributed by atoms with Gasteiger partial charge in [0.25, 0.3) is 11.8 Å². The fourth-order valence-corrected chi connectivity index (χ4v) is 9.93. The van der Waals surface area contributed by atoms with Gasteiger partial charge in [-0.25, -0.2) is 18.4 Å². The van der Waals surface area contributed by atoms with Crippen molar-refractivity contribution in [1.29, 1.82) is 0 Å². The molecule has 0 unspecified atom stereocenters. The number of nitrogens with zero attached hydrogens (tertiary/aromatic N) is 4. The largest absolute Gasteiger partial charge is 0.478 e. The van der Waals surface area contributed by atoms with E-state index in [1.165, 1.54) is 31.4 Å². The Morgan fingerprint density at radius 3 is 1.25 bits per heavy atom. The van der Waals surface area contributed by atoms with Crippen LogP contribution in [0.15, 0.2) is 107 Å². The number of carboxylic acid groups (broad SMARTS) is 1. The maximum absolute atomic E-state index is 13.6. The van der Waals surface area contributed by atoms with Gasteiger partial charge in [0.1, 0.15) is 34.4 Å². The Balaban J connectivity index is 0.000000194. The molecule has 8 rings (SSSR count). The second-order valence-corrected chi connectivity index (χ2v) is 20.2. The summed E-state index contributed by atoms with van der Waals surface area (Å²) in [5, 5.41) is 9.16. The van der Waals surface area contributed by atoms with Gasteiger partial charge in [-0.15, -0.1) is 0 Å². The number of benzene rings is 4. The molecule has 0 atom stereocenters. The Bertz CT molecular complexity index is 2450. The highest BCUT2D eigenvalue weighted by Gasteiger charge is 2.51. The number of aromatic carboxylic acids is 1. The van der Waals surface area contributed by atoms with Crippen molar-refractivity contribution in [3.8, 4) is 0 Å². The Kier molecular flexibility index (Phi) is 13.3. The lowest BCUT2D eigenvalue weighted by Gasteiger charge is -2.45.